The molecule has 0 amide bonds. The molecule has 0 fully saturated rings. The summed E-state index contributed by atoms with van der Waals surface area (Å²) in [6, 6.07) is 4.87. The van der Waals surface area contributed by atoms with E-state index in [1.54, 1.807) is 11.3 Å². The van der Waals surface area contributed by atoms with Crippen LogP contribution in [0.15, 0.2) is 24.5 Å². The van der Waals surface area contributed by atoms with Crippen molar-refractivity contribution in [2.75, 3.05) is 0 Å². The van der Waals surface area contributed by atoms with Crippen molar-refractivity contribution < 1.29 is 0 Å². The zero-order valence-corrected chi connectivity index (χ0v) is 11.5. The minimum absolute atomic E-state index is 0.293. The molecular weight excluding hydrogens is 242 g/mol. The largest absolute Gasteiger partial charge is 0.300 e. The highest BCUT2D eigenvalue weighted by Crippen LogP contribution is 2.31. The maximum atomic E-state index is 4.51. The Hall–Kier alpha value is -1.26. The molecule has 2 aromatic rings. The van der Waals surface area contributed by atoms with Crippen molar-refractivity contribution in [3.05, 3.63) is 45.7 Å². The topological polar surface area (TPSA) is 37.8 Å². The third-order valence-corrected chi connectivity index (χ3v) is 4.51. The Labute approximate surface area is 111 Å². The van der Waals surface area contributed by atoms with E-state index < -0.39 is 0 Å². The number of aromatic nitrogens is 2. The minimum Gasteiger partial charge on any atom is -0.300 e. The average Bonchev–Trinajstić information content (AvgIpc) is 2.97. The van der Waals surface area contributed by atoms with Gasteiger partial charge in [0.05, 0.1) is 17.8 Å². The van der Waals surface area contributed by atoms with E-state index >= 15 is 0 Å². The van der Waals surface area contributed by atoms with Crippen LogP contribution in [0.3, 0.4) is 0 Å². The quantitative estimate of drug-likeness (QED) is 0.920. The van der Waals surface area contributed by atoms with Gasteiger partial charge in [-0.15, -0.1) is 11.3 Å². The van der Waals surface area contributed by atoms with E-state index in [0.717, 1.165) is 17.8 Å². The van der Waals surface area contributed by atoms with E-state index in [1.165, 1.54) is 16.1 Å². The van der Waals surface area contributed by atoms with Crippen LogP contribution in [-0.4, -0.2) is 9.97 Å². The fraction of sp³-hybridized carbons (Fsp3) is 0.429. The van der Waals surface area contributed by atoms with E-state index in [1.807, 2.05) is 18.5 Å². The number of pyridine rings is 1. The zero-order chi connectivity index (χ0) is 12.5. The smallest absolute Gasteiger partial charge is 0.109 e. The van der Waals surface area contributed by atoms with Gasteiger partial charge in [-0.2, -0.15) is 0 Å². The number of rotatable bonds is 3. The molecule has 0 saturated carbocycles. The minimum atomic E-state index is 0.293. The molecule has 0 spiro atoms. The average molecular weight is 259 g/mol. The molecule has 2 unspecified atom stereocenters. The van der Waals surface area contributed by atoms with Gasteiger partial charge in [0.2, 0.25) is 0 Å². The fourth-order valence-electron chi connectivity index (χ4n) is 2.52. The SMILES string of the molecule is Cc1cnc(C(C)NC2CCc3cccnc32)s1. The Bertz CT molecular complexity index is 549. The monoisotopic (exact) mass is 259 g/mol. The second-order valence-corrected chi connectivity index (χ2v) is 6.10. The number of hydrogen-bond acceptors (Lipinski definition) is 4. The highest BCUT2D eigenvalue weighted by atomic mass is 32.1. The third-order valence-electron chi connectivity index (χ3n) is 3.42. The molecule has 18 heavy (non-hydrogen) atoms. The Morgan fingerprint density at radius 2 is 2.33 bits per heavy atom. The lowest BCUT2D eigenvalue weighted by molar-refractivity contribution is 0.457. The molecule has 0 aliphatic heterocycles. The van der Waals surface area contributed by atoms with Crippen LogP contribution in [0.2, 0.25) is 0 Å². The summed E-state index contributed by atoms with van der Waals surface area (Å²) < 4.78 is 0. The van der Waals surface area contributed by atoms with Gasteiger partial charge in [-0.1, -0.05) is 6.07 Å². The van der Waals surface area contributed by atoms with Gasteiger partial charge in [0.1, 0.15) is 5.01 Å². The van der Waals surface area contributed by atoms with Gasteiger partial charge in [0, 0.05) is 17.3 Å². The summed E-state index contributed by atoms with van der Waals surface area (Å²) in [6.07, 6.45) is 6.10. The van der Waals surface area contributed by atoms with Crippen molar-refractivity contribution in [1.29, 1.82) is 0 Å². The van der Waals surface area contributed by atoms with Crippen molar-refractivity contribution in [3.8, 4) is 0 Å². The maximum absolute atomic E-state index is 4.51. The summed E-state index contributed by atoms with van der Waals surface area (Å²) in [6.45, 7) is 4.28. The Morgan fingerprint density at radius 3 is 3.11 bits per heavy atom. The van der Waals surface area contributed by atoms with E-state index in [0.29, 0.717) is 12.1 Å². The van der Waals surface area contributed by atoms with E-state index in [4.69, 9.17) is 0 Å². The van der Waals surface area contributed by atoms with Gasteiger partial charge in [0.25, 0.3) is 0 Å². The zero-order valence-electron chi connectivity index (χ0n) is 10.7. The van der Waals surface area contributed by atoms with Crippen molar-refractivity contribution >= 4 is 11.3 Å². The third kappa shape index (κ3) is 2.18. The van der Waals surface area contributed by atoms with Gasteiger partial charge in [0.15, 0.2) is 0 Å². The van der Waals surface area contributed by atoms with Gasteiger partial charge in [-0.05, 0) is 38.3 Å². The van der Waals surface area contributed by atoms with Crippen molar-refractivity contribution in [2.45, 2.75) is 38.8 Å². The van der Waals surface area contributed by atoms with Crippen LogP contribution in [0.1, 0.15) is 46.6 Å². The molecule has 0 aromatic carbocycles. The molecule has 1 N–H and O–H groups in total. The van der Waals surface area contributed by atoms with Gasteiger partial charge in [-0.3, -0.25) is 10.3 Å². The van der Waals surface area contributed by atoms with Crippen LogP contribution in [-0.2, 0) is 6.42 Å². The van der Waals surface area contributed by atoms with Crippen LogP contribution < -0.4 is 5.32 Å². The van der Waals surface area contributed by atoms with E-state index in [9.17, 15) is 0 Å². The normalized spacial score (nSPS) is 19.8. The first-order valence-corrected chi connectivity index (χ1v) is 7.18. The molecule has 1 aliphatic carbocycles. The molecule has 0 bridgehead atoms. The molecule has 2 aromatic heterocycles. The second-order valence-electron chi connectivity index (χ2n) is 4.84. The highest BCUT2D eigenvalue weighted by molar-refractivity contribution is 7.11. The molecule has 2 atom stereocenters. The molecule has 2 heterocycles. The summed E-state index contributed by atoms with van der Waals surface area (Å²) in [5.41, 5.74) is 2.61. The standard InChI is InChI=1S/C14H17N3S/c1-9-8-16-14(18-9)10(2)17-12-6-5-11-4-3-7-15-13(11)12/h3-4,7-8,10,12,17H,5-6H2,1-2H3. The predicted molar refractivity (Wildman–Crippen MR) is 73.7 cm³/mol. The summed E-state index contributed by atoms with van der Waals surface area (Å²) in [5.74, 6) is 0. The number of hydrogen-bond donors (Lipinski definition) is 1. The summed E-state index contributed by atoms with van der Waals surface area (Å²) in [7, 11) is 0. The van der Waals surface area contributed by atoms with Gasteiger partial charge >= 0.3 is 0 Å². The predicted octanol–water partition coefficient (Wildman–Crippen LogP) is 3.18. The van der Waals surface area contributed by atoms with Crippen LogP contribution in [0, 0.1) is 6.92 Å². The molecule has 4 heteroatoms. The van der Waals surface area contributed by atoms with Crippen LogP contribution >= 0.6 is 11.3 Å². The van der Waals surface area contributed by atoms with Crippen molar-refractivity contribution in [1.82, 2.24) is 15.3 Å². The summed E-state index contributed by atoms with van der Waals surface area (Å²) in [4.78, 5) is 10.2. The number of thiazole rings is 1. The van der Waals surface area contributed by atoms with Crippen molar-refractivity contribution in [3.63, 3.8) is 0 Å². The first-order chi connectivity index (χ1) is 8.74. The molecule has 0 saturated heterocycles. The first-order valence-electron chi connectivity index (χ1n) is 6.36. The van der Waals surface area contributed by atoms with E-state index in [2.05, 4.69) is 35.2 Å². The van der Waals surface area contributed by atoms with E-state index in [-0.39, 0.29) is 0 Å². The number of nitrogens with zero attached hydrogens (tertiary/aromatic N) is 2. The summed E-state index contributed by atoms with van der Waals surface area (Å²) >= 11 is 1.77. The molecule has 0 radical (unpaired) electrons. The Balaban J connectivity index is 1.75. The highest BCUT2D eigenvalue weighted by Gasteiger charge is 2.25. The molecule has 3 rings (SSSR count). The lowest BCUT2D eigenvalue weighted by Crippen LogP contribution is -2.23. The first kappa shape index (κ1) is 11.8. The molecular formula is C14H17N3S. The maximum Gasteiger partial charge on any atom is 0.109 e. The lowest BCUT2D eigenvalue weighted by Gasteiger charge is -2.17. The van der Waals surface area contributed by atoms with Crippen LogP contribution in [0.5, 0.6) is 0 Å². The fourth-order valence-corrected chi connectivity index (χ4v) is 3.31. The second kappa shape index (κ2) is 4.78. The summed E-state index contributed by atoms with van der Waals surface area (Å²) in [5, 5.41) is 4.81. The van der Waals surface area contributed by atoms with Crippen molar-refractivity contribution in [2.24, 2.45) is 0 Å². The Morgan fingerprint density at radius 1 is 1.44 bits per heavy atom. The van der Waals surface area contributed by atoms with Crippen LogP contribution in [0.4, 0.5) is 0 Å². The molecule has 3 nitrogen and oxygen atoms in total. The van der Waals surface area contributed by atoms with Gasteiger partial charge < -0.3 is 0 Å². The molecule has 1 aliphatic rings. The molecule has 94 valence electrons. The number of aryl methyl sites for hydroxylation is 2. The lowest BCUT2D eigenvalue weighted by atomic mass is 10.2. The Kier molecular flexibility index (Phi) is 3.14. The van der Waals surface area contributed by atoms with Gasteiger partial charge in [-0.25, -0.2) is 4.98 Å². The number of nitrogens with one attached hydrogen (secondary N) is 1. The number of fused-ring (bicyclic) bond motifs is 1. The van der Waals surface area contributed by atoms with Crippen LogP contribution in [0.25, 0.3) is 0 Å².